The molecular weight excluding hydrogens is 422 g/mol. The van der Waals surface area contributed by atoms with Gasteiger partial charge in [0.1, 0.15) is 6.04 Å². The first-order valence-electron chi connectivity index (χ1n) is 10.3. The average Bonchev–Trinajstić information content (AvgIpc) is 3.57. The molecular formula is C24H19N5O2S. The molecule has 0 unspecified atom stereocenters. The molecule has 158 valence electrons. The number of aromatic nitrogens is 3. The fourth-order valence-corrected chi connectivity index (χ4v) is 4.69. The third kappa shape index (κ3) is 3.07. The molecule has 5 heterocycles. The van der Waals surface area contributed by atoms with Gasteiger partial charge >= 0.3 is 0 Å². The Morgan fingerprint density at radius 3 is 2.62 bits per heavy atom. The van der Waals surface area contributed by atoms with Crippen molar-refractivity contribution in [1.82, 2.24) is 19.9 Å². The summed E-state index contributed by atoms with van der Waals surface area (Å²) in [4.78, 5) is 10.9. The molecule has 0 aliphatic carbocycles. The fourth-order valence-electron chi connectivity index (χ4n) is 4.34. The van der Waals surface area contributed by atoms with Crippen LogP contribution >= 0.6 is 12.2 Å². The first-order valence-corrected chi connectivity index (χ1v) is 10.7. The molecule has 32 heavy (non-hydrogen) atoms. The molecule has 8 heteroatoms. The lowest BCUT2D eigenvalue weighted by Crippen LogP contribution is -2.30. The number of rotatable bonds is 4. The van der Waals surface area contributed by atoms with Crippen molar-refractivity contribution in [3.05, 3.63) is 96.8 Å². The molecule has 1 saturated heterocycles. The van der Waals surface area contributed by atoms with Crippen molar-refractivity contribution in [2.75, 3.05) is 11.7 Å². The topological polar surface area (TPSA) is 64.4 Å². The maximum absolute atomic E-state index is 5.83. The first-order chi connectivity index (χ1) is 15.8. The average molecular weight is 442 g/mol. The van der Waals surface area contributed by atoms with Crippen LogP contribution in [0, 0.1) is 0 Å². The lowest BCUT2D eigenvalue weighted by atomic mass is 10.0. The molecule has 1 fully saturated rings. The van der Waals surface area contributed by atoms with Gasteiger partial charge in [-0.3, -0.25) is 9.97 Å². The Bertz CT molecular complexity index is 1280. The summed E-state index contributed by atoms with van der Waals surface area (Å²) in [5, 5.41) is 4.13. The van der Waals surface area contributed by atoms with Crippen molar-refractivity contribution in [3.8, 4) is 17.2 Å². The van der Waals surface area contributed by atoms with Gasteiger partial charge in [-0.25, -0.2) is 0 Å². The highest BCUT2D eigenvalue weighted by molar-refractivity contribution is 7.80. The third-order valence-electron chi connectivity index (χ3n) is 5.76. The van der Waals surface area contributed by atoms with Crippen LogP contribution in [0.3, 0.4) is 0 Å². The number of nitrogens with zero attached hydrogens (tertiary/aromatic N) is 4. The van der Waals surface area contributed by atoms with Crippen LogP contribution in [0.2, 0.25) is 0 Å². The largest absolute Gasteiger partial charge is 0.454 e. The number of thiocarbonyl (C=S) groups is 1. The molecule has 0 spiro atoms. The third-order valence-corrected chi connectivity index (χ3v) is 6.07. The predicted octanol–water partition coefficient (Wildman–Crippen LogP) is 4.17. The normalized spacial score (nSPS) is 19.2. The smallest absolute Gasteiger partial charge is 0.231 e. The van der Waals surface area contributed by atoms with Crippen LogP contribution in [0.25, 0.3) is 5.69 Å². The first kappa shape index (κ1) is 18.8. The van der Waals surface area contributed by atoms with Crippen LogP contribution in [-0.2, 0) is 0 Å². The van der Waals surface area contributed by atoms with E-state index in [0.29, 0.717) is 5.11 Å². The SMILES string of the molecule is S=C1N[C@H](c2ccccn2)[C@H](c2cccn2-c2ccncc2)N1c1ccc2c(c1)OCO2. The fraction of sp³-hybridized carbons (Fsp3) is 0.125. The molecule has 1 N–H and O–H groups in total. The number of pyridine rings is 2. The second kappa shape index (κ2) is 7.65. The monoisotopic (exact) mass is 441 g/mol. The quantitative estimate of drug-likeness (QED) is 0.477. The van der Waals surface area contributed by atoms with Gasteiger partial charge in [-0.05, 0) is 60.7 Å². The number of hydrogen-bond acceptors (Lipinski definition) is 5. The van der Waals surface area contributed by atoms with E-state index in [4.69, 9.17) is 21.7 Å². The maximum atomic E-state index is 5.83. The van der Waals surface area contributed by atoms with E-state index in [0.717, 1.165) is 34.3 Å². The van der Waals surface area contributed by atoms with E-state index >= 15 is 0 Å². The van der Waals surface area contributed by atoms with Gasteiger partial charge in [-0.15, -0.1) is 0 Å². The number of anilines is 1. The van der Waals surface area contributed by atoms with Gasteiger partial charge in [0, 0.05) is 47.9 Å². The lowest BCUT2D eigenvalue weighted by molar-refractivity contribution is 0.174. The highest BCUT2D eigenvalue weighted by Crippen LogP contribution is 2.44. The second-order valence-electron chi connectivity index (χ2n) is 7.54. The summed E-state index contributed by atoms with van der Waals surface area (Å²) in [5.41, 5.74) is 3.96. The van der Waals surface area contributed by atoms with E-state index in [2.05, 4.69) is 37.0 Å². The lowest BCUT2D eigenvalue weighted by Gasteiger charge is -2.29. The van der Waals surface area contributed by atoms with Gasteiger partial charge in [0.15, 0.2) is 16.6 Å². The standard InChI is InChI=1S/C24H19N5O2S/c32-24-27-22(18-4-1-2-10-26-18)23(19-5-3-13-28(19)16-8-11-25-12-9-16)29(24)17-6-7-20-21(14-17)31-15-30-20/h1-14,22-23H,15H2,(H,27,32)/t22-,23+/m1/s1. The summed E-state index contributed by atoms with van der Waals surface area (Å²) >= 11 is 5.83. The Morgan fingerprint density at radius 1 is 0.906 bits per heavy atom. The van der Waals surface area contributed by atoms with Crippen molar-refractivity contribution in [2.45, 2.75) is 12.1 Å². The highest BCUT2D eigenvalue weighted by Gasteiger charge is 2.42. The van der Waals surface area contributed by atoms with Crippen molar-refractivity contribution >= 4 is 23.0 Å². The Morgan fingerprint density at radius 2 is 1.78 bits per heavy atom. The summed E-state index contributed by atoms with van der Waals surface area (Å²) in [6.07, 6.45) is 7.45. The van der Waals surface area contributed by atoms with E-state index < -0.39 is 0 Å². The van der Waals surface area contributed by atoms with E-state index in [1.54, 1.807) is 12.4 Å². The zero-order valence-electron chi connectivity index (χ0n) is 17.0. The Balaban J connectivity index is 1.50. The van der Waals surface area contributed by atoms with Crippen LogP contribution in [0.15, 0.2) is 85.5 Å². The zero-order valence-corrected chi connectivity index (χ0v) is 17.8. The minimum absolute atomic E-state index is 0.135. The summed E-state index contributed by atoms with van der Waals surface area (Å²) in [7, 11) is 0. The Hall–Kier alpha value is -3.91. The predicted molar refractivity (Wildman–Crippen MR) is 124 cm³/mol. The van der Waals surface area contributed by atoms with Gasteiger partial charge < -0.3 is 24.3 Å². The number of fused-ring (bicyclic) bond motifs is 1. The van der Waals surface area contributed by atoms with Crippen molar-refractivity contribution in [3.63, 3.8) is 0 Å². The van der Waals surface area contributed by atoms with Crippen molar-refractivity contribution < 1.29 is 9.47 Å². The summed E-state index contributed by atoms with van der Waals surface area (Å²) in [5.74, 6) is 1.46. The summed E-state index contributed by atoms with van der Waals surface area (Å²) in [6, 6.07) is 19.7. The molecule has 2 aliphatic rings. The van der Waals surface area contributed by atoms with Crippen LogP contribution in [-0.4, -0.2) is 26.4 Å². The minimum Gasteiger partial charge on any atom is -0.454 e. The van der Waals surface area contributed by atoms with Gasteiger partial charge in [0.05, 0.1) is 11.7 Å². The molecule has 3 aromatic heterocycles. The van der Waals surface area contributed by atoms with E-state index in [1.807, 2.05) is 60.8 Å². The Kier molecular flexibility index (Phi) is 4.50. The Labute approximate surface area is 190 Å². The molecule has 0 radical (unpaired) electrons. The van der Waals surface area contributed by atoms with Crippen LogP contribution in [0.5, 0.6) is 11.5 Å². The zero-order chi connectivity index (χ0) is 21.5. The van der Waals surface area contributed by atoms with Crippen LogP contribution in [0.4, 0.5) is 5.69 Å². The van der Waals surface area contributed by atoms with Gasteiger partial charge in [0.25, 0.3) is 0 Å². The number of ether oxygens (including phenoxy) is 2. The van der Waals surface area contributed by atoms with Crippen LogP contribution in [0.1, 0.15) is 23.5 Å². The molecule has 6 rings (SSSR count). The summed E-state index contributed by atoms with van der Waals surface area (Å²) in [6.45, 7) is 0.229. The second-order valence-corrected chi connectivity index (χ2v) is 7.93. The number of nitrogens with one attached hydrogen (secondary N) is 1. The number of benzene rings is 1. The minimum atomic E-state index is -0.138. The maximum Gasteiger partial charge on any atom is 0.231 e. The van der Waals surface area contributed by atoms with Crippen molar-refractivity contribution in [1.29, 1.82) is 0 Å². The van der Waals surface area contributed by atoms with E-state index in [1.165, 1.54) is 0 Å². The van der Waals surface area contributed by atoms with Crippen molar-refractivity contribution in [2.24, 2.45) is 0 Å². The molecule has 2 atom stereocenters. The number of hydrogen-bond donors (Lipinski definition) is 1. The van der Waals surface area contributed by atoms with Gasteiger partial charge in [-0.2, -0.15) is 0 Å². The highest BCUT2D eigenvalue weighted by atomic mass is 32.1. The molecule has 4 aromatic rings. The molecule has 0 saturated carbocycles. The van der Waals surface area contributed by atoms with E-state index in [-0.39, 0.29) is 18.9 Å². The van der Waals surface area contributed by atoms with Gasteiger partial charge in [0.2, 0.25) is 6.79 Å². The van der Waals surface area contributed by atoms with Crippen LogP contribution < -0.4 is 19.7 Å². The summed E-state index contributed by atoms with van der Waals surface area (Å²) < 4.78 is 13.3. The molecule has 0 amide bonds. The van der Waals surface area contributed by atoms with E-state index in [9.17, 15) is 0 Å². The van der Waals surface area contributed by atoms with Gasteiger partial charge in [-0.1, -0.05) is 6.07 Å². The molecule has 1 aromatic carbocycles. The molecule has 2 aliphatic heterocycles. The molecule has 0 bridgehead atoms. The molecule has 7 nitrogen and oxygen atoms in total.